The molecule has 0 radical (unpaired) electrons. The van der Waals surface area contributed by atoms with Gasteiger partial charge in [-0.1, -0.05) is 6.07 Å². The van der Waals surface area contributed by atoms with E-state index >= 15 is 0 Å². The molecule has 4 rings (SSSR count). The topological polar surface area (TPSA) is 64.1 Å². The molecular weight excluding hydrogens is 454 g/mol. The molecular formula is C29H35N3O4. The molecule has 0 saturated carbocycles. The maximum atomic E-state index is 13.2. The summed E-state index contributed by atoms with van der Waals surface area (Å²) in [5, 5.41) is 0. The molecule has 0 saturated heterocycles. The van der Waals surface area contributed by atoms with Gasteiger partial charge in [0.15, 0.2) is 11.3 Å². The van der Waals surface area contributed by atoms with Crippen LogP contribution in [0.4, 0.5) is 11.4 Å². The second-order valence-electron chi connectivity index (χ2n) is 8.76. The molecule has 7 nitrogen and oxygen atoms in total. The normalized spacial score (nSPS) is 16.3. The number of hydrogen-bond donors (Lipinski definition) is 0. The average Bonchev–Trinajstić information content (AvgIpc) is 3.18. The number of pyridine rings is 1. The van der Waals surface area contributed by atoms with Crippen molar-refractivity contribution in [3.63, 3.8) is 0 Å². The van der Waals surface area contributed by atoms with E-state index in [0.29, 0.717) is 36.0 Å². The van der Waals surface area contributed by atoms with Crippen LogP contribution in [0, 0.1) is 0 Å². The fraction of sp³-hybridized carbons (Fsp3) is 0.379. The van der Waals surface area contributed by atoms with Crippen molar-refractivity contribution in [3.8, 4) is 11.5 Å². The van der Waals surface area contributed by atoms with Gasteiger partial charge in [-0.25, -0.2) is 9.78 Å². The monoisotopic (exact) mass is 489 g/mol. The first-order valence-electron chi connectivity index (χ1n) is 12.6. The van der Waals surface area contributed by atoms with Crippen LogP contribution >= 0.6 is 0 Å². The zero-order valence-electron chi connectivity index (χ0n) is 22.0. The Bertz CT molecular complexity index is 1240. The molecule has 0 bridgehead atoms. The first kappa shape index (κ1) is 25.4. The zero-order chi connectivity index (χ0) is 25.9. The zero-order valence-corrected chi connectivity index (χ0v) is 22.0. The van der Waals surface area contributed by atoms with Gasteiger partial charge in [0.05, 0.1) is 13.2 Å². The Hall–Kier alpha value is -3.74. The lowest BCUT2D eigenvalue weighted by Crippen LogP contribution is -2.31. The van der Waals surface area contributed by atoms with Crippen LogP contribution in [0.5, 0.6) is 11.5 Å². The quantitative estimate of drug-likeness (QED) is 0.360. The Morgan fingerprint density at radius 1 is 0.833 bits per heavy atom. The van der Waals surface area contributed by atoms with E-state index in [1.54, 1.807) is 6.20 Å². The van der Waals surface area contributed by atoms with Crippen molar-refractivity contribution in [2.24, 2.45) is 0 Å². The molecule has 1 aliphatic rings. The van der Waals surface area contributed by atoms with E-state index in [4.69, 9.17) is 14.2 Å². The highest BCUT2D eigenvalue weighted by atomic mass is 16.6. The van der Waals surface area contributed by atoms with E-state index in [0.717, 1.165) is 35.6 Å². The van der Waals surface area contributed by atoms with Gasteiger partial charge in [-0.05, 0) is 58.0 Å². The van der Waals surface area contributed by atoms with Crippen molar-refractivity contribution in [1.29, 1.82) is 0 Å². The Morgan fingerprint density at radius 3 is 1.97 bits per heavy atom. The summed E-state index contributed by atoms with van der Waals surface area (Å²) in [5.74, 6) is 0.828. The van der Waals surface area contributed by atoms with Gasteiger partial charge in [0.1, 0.15) is 11.5 Å². The van der Waals surface area contributed by atoms with Gasteiger partial charge < -0.3 is 24.0 Å². The minimum absolute atomic E-state index is 0.298. The van der Waals surface area contributed by atoms with Crippen LogP contribution in [0.25, 0.3) is 0 Å². The number of esters is 1. The number of carbonyl (C=O) groups is 1. The maximum Gasteiger partial charge on any atom is 0.358 e. The van der Waals surface area contributed by atoms with Gasteiger partial charge in [-0.2, -0.15) is 0 Å². The Balaban J connectivity index is 2.06. The summed E-state index contributed by atoms with van der Waals surface area (Å²) in [5.41, 5.74) is 3.19. The minimum Gasteiger partial charge on any atom is -0.493 e. The molecule has 190 valence electrons. The van der Waals surface area contributed by atoms with Crippen molar-refractivity contribution >= 4 is 17.3 Å². The predicted octanol–water partition coefficient (Wildman–Crippen LogP) is 5.25. The van der Waals surface area contributed by atoms with Gasteiger partial charge in [0.25, 0.3) is 0 Å². The van der Waals surface area contributed by atoms with Crippen LogP contribution in [0.15, 0.2) is 54.7 Å². The van der Waals surface area contributed by atoms with Gasteiger partial charge in [-0.15, -0.1) is 0 Å². The molecule has 1 aromatic heterocycles. The number of anilines is 2. The summed E-state index contributed by atoms with van der Waals surface area (Å²) in [6.45, 7) is 10.8. The third-order valence-electron chi connectivity index (χ3n) is 6.56. The highest BCUT2D eigenvalue weighted by Gasteiger charge is 2.52. The third kappa shape index (κ3) is 4.23. The molecule has 0 fully saturated rings. The first-order chi connectivity index (χ1) is 17.4. The molecule has 2 aromatic carbocycles. The number of carbonyl (C=O) groups excluding carboxylic acids is 1. The number of fused-ring (bicyclic) bond motifs is 1. The smallest absolute Gasteiger partial charge is 0.358 e. The molecule has 1 unspecified atom stereocenters. The van der Waals surface area contributed by atoms with Gasteiger partial charge in [0.2, 0.25) is 0 Å². The maximum absolute atomic E-state index is 13.2. The van der Waals surface area contributed by atoms with E-state index < -0.39 is 11.6 Å². The summed E-state index contributed by atoms with van der Waals surface area (Å²) in [7, 11) is 3.96. The highest BCUT2D eigenvalue weighted by molar-refractivity contribution is 5.95. The molecule has 0 spiro atoms. The second kappa shape index (κ2) is 10.5. The average molecular weight is 490 g/mol. The third-order valence-corrected chi connectivity index (χ3v) is 6.56. The van der Waals surface area contributed by atoms with Crippen molar-refractivity contribution in [2.75, 3.05) is 50.2 Å². The number of benzene rings is 2. The van der Waals surface area contributed by atoms with Crippen molar-refractivity contribution in [3.05, 3.63) is 77.1 Å². The molecule has 0 aliphatic carbocycles. The van der Waals surface area contributed by atoms with Crippen molar-refractivity contribution in [1.82, 2.24) is 4.98 Å². The van der Waals surface area contributed by atoms with E-state index in [2.05, 4.69) is 29.8 Å². The molecule has 36 heavy (non-hydrogen) atoms. The Morgan fingerprint density at radius 2 is 1.42 bits per heavy atom. The number of rotatable bonds is 10. The van der Waals surface area contributed by atoms with Crippen LogP contribution in [-0.2, 0) is 10.3 Å². The summed E-state index contributed by atoms with van der Waals surface area (Å²) < 4.78 is 18.7. The van der Waals surface area contributed by atoms with Crippen molar-refractivity contribution < 1.29 is 19.0 Å². The van der Waals surface area contributed by atoms with Crippen LogP contribution in [0.1, 0.15) is 54.9 Å². The summed E-state index contributed by atoms with van der Waals surface area (Å²) in [6.07, 6.45) is 1.61. The lowest BCUT2D eigenvalue weighted by atomic mass is 9.79. The standard InChI is InChI=1S/C29H35N3O4/c1-7-32(8-2)21-14-16-23(26(19-21)35-10-4)29(24-12-11-17-30-27(24)28(33)36-29)22-15-13-20(31(5)6)18-25(22)34-9-3/h11-19H,7-10H2,1-6H3. The van der Waals surface area contributed by atoms with Crippen LogP contribution in [0.2, 0.25) is 0 Å². The predicted molar refractivity (Wildman–Crippen MR) is 143 cm³/mol. The summed E-state index contributed by atoms with van der Waals surface area (Å²) in [4.78, 5) is 21.9. The Kier molecular flexibility index (Phi) is 7.38. The van der Waals surface area contributed by atoms with Crippen LogP contribution in [0.3, 0.4) is 0 Å². The number of ether oxygens (including phenoxy) is 3. The first-order valence-corrected chi connectivity index (χ1v) is 12.6. The van der Waals surface area contributed by atoms with E-state index in [1.165, 1.54) is 0 Å². The number of hydrogen-bond acceptors (Lipinski definition) is 7. The number of cyclic esters (lactones) is 1. The fourth-order valence-corrected chi connectivity index (χ4v) is 4.86. The lowest BCUT2D eigenvalue weighted by molar-refractivity contribution is 0.0234. The molecule has 1 aliphatic heterocycles. The SMILES string of the molecule is CCOc1cc(N(C)C)ccc1C1(c2ccc(N(CC)CC)cc2OCC)OC(=O)c2ncccc21. The molecule has 3 aromatic rings. The van der Waals surface area contributed by atoms with Gasteiger partial charge in [0, 0.05) is 73.6 Å². The lowest BCUT2D eigenvalue weighted by Gasteiger charge is -2.34. The molecule has 1 atom stereocenters. The van der Waals surface area contributed by atoms with Gasteiger partial charge in [-0.3, -0.25) is 0 Å². The Labute approximate surface area is 213 Å². The second-order valence-corrected chi connectivity index (χ2v) is 8.76. The minimum atomic E-state index is -1.28. The van der Waals surface area contributed by atoms with E-state index in [-0.39, 0.29) is 0 Å². The highest BCUT2D eigenvalue weighted by Crippen LogP contribution is 2.52. The van der Waals surface area contributed by atoms with E-state index in [9.17, 15) is 4.79 Å². The van der Waals surface area contributed by atoms with Crippen molar-refractivity contribution in [2.45, 2.75) is 33.3 Å². The molecule has 2 heterocycles. The van der Waals surface area contributed by atoms with E-state index in [1.807, 2.05) is 75.3 Å². The fourth-order valence-electron chi connectivity index (χ4n) is 4.86. The summed E-state index contributed by atoms with van der Waals surface area (Å²) in [6, 6.07) is 15.8. The molecule has 7 heteroatoms. The molecule has 0 N–H and O–H groups in total. The number of aromatic nitrogens is 1. The summed E-state index contributed by atoms with van der Waals surface area (Å²) >= 11 is 0. The number of nitrogens with zero attached hydrogens (tertiary/aromatic N) is 3. The largest absolute Gasteiger partial charge is 0.493 e. The van der Waals surface area contributed by atoms with Crippen LogP contribution in [-0.4, -0.2) is 51.4 Å². The van der Waals surface area contributed by atoms with Crippen LogP contribution < -0.4 is 19.3 Å². The molecule has 0 amide bonds. The van der Waals surface area contributed by atoms with Gasteiger partial charge >= 0.3 is 5.97 Å².